The van der Waals surface area contributed by atoms with Crippen LogP contribution in [-0.2, 0) is 4.79 Å². The van der Waals surface area contributed by atoms with Crippen LogP contribution in [0.1, 0.15) is 20.8 Å². The van der Waals surface area contributed by atoms with Crippen molar-refractivity contribution in [2.24, 2.45) is 16.9 Å². The number of ketones is 1. The predicted octanol–water partition coefficient (Wildman–Crippen LogP) is 1.41. The zero-order chi connectivity index (χ0) is 13.3. The predicted molar refractivity (Wildman–Crippen MR) is 69.2 cm³/mol. The fourth-order valence-corrected chi connectivity index (χ4v) is 2.13. The maximum Gasteiger partial charge on any atom is 0.144 e. The molecule has 0 saturated carbocycles. The Morgan fingerprint density at radius 1 is 1.33 bits per heavy atom. The molecule has 0 aliphatic carbocycles. The Morgan fingerprint density at radius 2 is 1.94 bits per heavy atom. The van der Waals surface area contributed by atoms with Crippen molar-refractivity contribution in [2.45, 2.75) is 27.0 Å². The van der Waals surface area contributed by atoms with Crippen molar-refractivity contribution in [3.63, 3.8) is 0 Å². The largest absolute Gasteiger partial charge is 0.834 e. The molecule has 0 N–H and O–H groups in total. The Balaban J connectivity index is 2.27. The van der Waals surface area contributed by atoms with Crippen molar-refractivity contribution in [3.8, 4) is 0 Å². The molecule has 1 aliphatic rings. The highest BCUT2D eigenvalue weighted by Crippen LogP contribution is 2.27. The molecule has 2 unspecified atom stereocenters. The van der Waals surface area contributed by atoms with Crippen LogP contribution >= 0.6 is 0 Å². The number of anilines is 1. The van der Waals surface area contributed by atoms with Crippen molar-refractivity contribution >= 4 is 17.2 Å². The van der Waals surface area contributed by atoms with Crippen molar-refractivity contribution in [1.82, 2.24) is 0 Å². The van der Waals surface area contributed by atoms with Gasteiger partial charge in [-0.3, -0.25) is 9.80 Å². The van der Waals surface area contributed by atoms with Crippen LogP contribution in [0.3, 0.4) is 0 Å². The van der Waals surface area contributed by atoms with Gasteiger partial charge < -0.3 is 5.11 Å². The second kappa shape index (κ2) is 4.90. The molecule has 0 radical (unpaired) electrons. The molecule has 2 atom stereocenters. The molecule has 18 heavy (non-hydrogen) atoms. The average molecular weight is 245 g/mol. The number of hydrogen-bond donors (Lipinski definition) is 0. The quantitative estimate of drug-likeness (QED) is 0.809. The summed E-state index contributed by atoms with van der Waals surface area (Å²) < 4.78 is 0. The van der Waals surface area contributed by atoms with E-state index in [1.807, 2.05) is 44.2 Å². The summed E-state index contributed by atoms with van der Waals surface area (Å²) in [6.07, 6.45) is -1.15. The smallest absolute Gasteiger partial charge is 0.144 e. The summed E-state index contributed by atoms with van der Waals surface area (Å²) in [4.78, 5) is 12.0. The van der Waals surface area contributed by atoms with E-state index >= 15 is 0 Å². The van der Waals surface area contributed by atoms with Crippen LogP contribution in [0.4, 0.5) is 5.69 Å². The number of hydrogen-bond acceptors (Lipinski definition) is 4. The summed E-state index contributed by atoms with van der Waals surface area (Å²) in [5.74, 6) is -0.813. The summed E-state index contributed by atoms with van der Waals surface area (Å²) in [7, 11) is 0. The van der Waals surface area contributed by atoms with Gasteiger partial charge in [0.2, 0.25) is 0 Å². The van der Waals surface area contributed by atoms with Gasteiger partial charge in [-0.05, 0) is 25.3 Å². The van der Waals surface area contributed by atoms with Gasteiger partial charge in [0.15, 0.2) is 0 Å². The Kier molecular flexibility index (Phi) is 3.48. The number of rotatable bonds is 3. The fourth-order valence-electron chi connectivity index (χ4n) is 2.13. The second-order valence-electron chi connectivity index (χ2n) is 4.85. The van der Waals surface area contributed by atoms with E-state index in [9.17, 15) is 9.90 Å². The van der Waals surface area contributed by atoms with Crippen molar-refractivity contribution in [2.75, 3.05) is 5.01 Å². The number of benzene rings is 1. The summed E-state index contributed by atoms with van der Waals surface area (Å²) in [5.41, 5.74) is 1.34. The molecule has 1 aromatic rings. The lowest BCUT2D eigenvalue weighted by Crippen LogP contribution is -2.48. The highest BCUT2D eigenvalue weighted by Gasteiger charge is 2.34. The van der Waals surface area contributed by atoms with E-state index < -0.39 is 12.1 Å². The number of Topliss-reactive ketones (excluding diaryl/α,β-unsaturated/α-hetero) is 1. The van der Waals surface area contributed by atoms with Gasteiger partial charge in [0.1, 0.15) is 5.78 Å². The normalized spacial score (nSPS) is 23.4. The first kappa shape index (κ1) is 12.8. The molecule has 0 fully saturated rings. The van der Waals surface area contributed by atoms with Gasteiger partial charge in [0.05, 0.1) is 11.6 Å². The van der Waals surface area contributed by atoms with Crippen LogP contribution < -0.4 is 10.1 Å². The number of carbonyl (C=O) groups excluding carboxylic acids is 1. The number of nitrogens with zero attached hydrogens (tertiary/aromatic N) is 2. The SMILES string of the molecule is CC1=NN(c2ccccc2)C([O-])C1C(=O)C(C)C. The Labute approximate surface area is 107 Å². The first-order chi connectivity index (χ1) is 8.52. The highest BCUT2D eigenvalue weighted by molar-refractivity contribution is 6.07. The van der Waals surface area contributed by atoms with E-state index in [1.165, 1.54) is 5.01 Å². The molecule has 0 amide bonds. The van der Waals surface area contributed by atoms with E-state index in [1.54, 1.807) is 6.92 Å². The molecule has 0 bridgehead atoms. The van der Waals surface area contributed by atoms with Crippen molar-refractivity contribution in [1.29, 1.82) is 0 Å². The Bertz CT molecular complexity index is 468. The van der Waals surface area contributed by atoms with Crippen molar-refractivity contribution in [3.05, 3.63) is 30.3 Å². The summed E-state index contributed by atoms with van der Waals surface area (Å²) >= 11 is 0. The van der Waals surface area contributed by atoms with E-state index in [4.69, 9.17) is 0 Å². The standard InChI is InChI=1S/C14H17N2O2/c1-9(2)13(17)12-10(3)15-16(14(12)18)11-7-5-4-6-8-11/h4-9,12,14H,1-3H3/q-1. The fraction of sp³-hybridized carbons (Fsp3) is 0.429. The molecular formula is C14H17N2O2-. The zero-order valence-electron chi connectivity index (χ0n) is 10.8. The van der Waals surface area contributed by atoms with Gasteiger partial charge in [0.25, 0.3) is 0 Å². The van der Waals surface area contributed by atoms with Gasteiger partial charge >= 0.3 is 0 Å². The van der Waals surface area contributed by atoms with Gasteiger partial charge in [0, 0.05) is 11.6 Å². The summed E-state index contributed by atoms with van der Waals surface area (Å²) in [6, 6.07) is 9.23. The molecule has 1 aromatic carbocycles. The van der Waals surface area contributed by atoms with Gasteiger partial charge in [-0.15, -0.1) is 0 Å². The molecule has 4 heteroatoms. The monoisotopic (exact) mass is 245 g/mol. The summed E-state index contributed by atoms with van der Waals surface area (Å²) in [5, 5.41) is 18.0. The molecule has 0 spiro atoms. The third-order valence-electron chi connectivity index (χ3n) is 3.14. The number of carbonyl (C=O) groups is 1. The van der Waals surface area contributed by atoms with Crippen LogP contribution in [0, 0.1) is 11.8 Å². The molecule has 1 aliphatic heterocycles. The first-order valence-electron chi connectivity index (χ1n) is 6.11. The van der Waals surface area contributed by atoms with Crippen LogP contribution in [0.5, 0.6) is 0 Å². The van der Waals surface area contributed by atoms with E-state index in [-0.39, 0.29) is 11.7 Å². The first-order valence-corrected chi connectivity index (χ1v) is 6.11. The third kappa shape index (κ3) is 2.16. The Morgan fingerprint density at radius 3 is 2.50 bits per heavy atom. The molecule has 4 nitrogen and oxygen atoms in total. The molecule has 0 aromatic heterocycles. The van der Waals surface area contributed by atoms with Crippen LogP contribution in [0.15, 0.2) is 35.4 Å². The molecule has 0 saturated heterocycles. The minimum Gasteiger partial charge on any atom is -0.834 e. The average Bonchev–Trinajstić information content (AvgIpc) is 2.65. The minimum atomic E-state index is -1.15. The maximum atomic E-state index is 12.3. The van der Waals surface area contributed by atoms with Crippen molar-refractivity contribution < 1.29 is 9.90 Å². The molecule has 96 valence electrons. The van der Waals surface area contributed by atoms with E-state index in [0.717, 1.165) is 5.69 Å². The maximum absolute atomic E-state index is 12.3. The molecule has 2 rings (SSSR count). The topological polar surface area (TPSA) is 55.7 Å². The van der Waals surface area contributed by atoms with Crippen LogP contribution in [-0.4, -0.2) is 17.7 Å². The lowest BCUT2D eigenvalue weighted by Gasteiger charge is -2.32. The number of hydrazone groups is 1. The second-order valence-corrected chi connectivity index (χ2v) is 4.85. The zero-order valence-corrected chi connectivity index (χ0v) is 10.8. The minimum absolute atomic E-state index is 0.0327. The summed E-state index contributed by atoms with van der Waals surface area (Å²) in [6.45, 7) is 5.37. The highest BCUT2D eigenvalue weighted by atomic mass is 16.3. The number of para-hydroxylation sites is 1. The molecular weight excluding hydrogens is 228 g/mol. The van der Waals surface area contributed by atoms with E-state index in [0.29, 0.717) is 5.71 Å². The third-order valence-corrected chi connectivity index (χ3v) is 3.14. The van der Waals surface area contributed by atoms with Gasteiger partial charge in [-0.25, -0.2) is 0 Å². The lowest BCUT2D eigenvalue weighted by molar-refractivity contribution is -0.421. The van der Waals surface area contributed by atoms with Gasteiger partial charge in [-0.1, -0.05) is 32.0 Å². The molecule has 1 heterocycles. The lowest BCUT2D eigenvalue weighted by atomic mass is 9.91. The van der Waals surface area contributed by atoms with E-state index in [2.05, 4.69) is 5.10 Å². The van der Waals surface area contributed by atoms with Crippen LogP contribution in [0.2, 0.25) is 0 Å². The van der Waals surface area contributed by atoms with Crippen LogP contribution in [0.25, 0.3) is 0 Å². The van der Waals surface area contributed by atoms with Gasteiger partial charge in [-0.2, -0.15) is 5.10 Å². The Hall–Kier alpha value is -1.68.